The number of fused-ring (bicyclic) bond motifs is 1. The summed E-state index contributed by atoms with van der Waals surface area (Å²) in [5, 5.41) is 16.0. The molecule has 2 aromatic rings. The molecule has 0 bridgehead atoms. The van der Waals surface area contributed by atoms with Crippen molar-refractivity contribution in [1.29, 1.82) is 0 Å². The minimum absolute atomic E-state index is 0.0897. The molecule has 2 aliphatic rings. The minimum atomic E-state index is -0.853. The number of hydrogen-bond acceptors (Lipinski definition) is 3. The van der Waals surface area contributed by atoms with Gasteiger partial charge in [0.05, 0.1) is 11.0 Å². The van der Waals surface area contributed by atoms with Crippen molar-refractivity contribution < 1.29 is 9.90 Å². The van der Waals surface area contributed by atoms with E-state index in [1.54, 1.807) is 11.3 Å². The van der Waals surface area contributed by atoms with Crippen LogP contribution in [0.5, 0.6) is 0 Å². The van der Waals surface area contributed by atoms with Crippen LogP contribution in [0.4, 0.5) is 0 Å². The zero-order valence-electron chi connectivity index (χ0n) is 13.8. The van der Waals surface area contributed by atoms with Crippen LogP contribution < -0.4 is 5.32 Å². The number of aliphatic hydroxyl groups is 1. The van der Waals surface area contributed by atoms with Crippen LogP contribution in [0.15, 0.2) is 41.8 Å². The highest BCUT2D eigenvalue weighted by Gasteiger charge is 2.44. The first-order valence-electron chi connectivity index (χ1n) is 8.73. The van der Waals surface area contributed by atoms with Crippen LogP contribution in [0.2, 0.25) is 0 Å². The van der Waals surface area contributed by atoms with Crippen molar-refractivity contribution in [2.75, 3.05) is 6.54 Å². The Morgan fingerprint density at radius 1 is 1.08 bits per heavy atom. The predicted octanol–water partition coefficient (Wildman–Crippen LogP) is 3.21. The summed E-state index contributed by atoms with van der Waals surface area (Å²) < 4.78 is 0. The zero-order valence-corrected chi connectivity index (χ0v) is 14.6. The lowest BCUT2D eigenvalue weighted by Crippen LogP contribution is -2.49. The van der Waals surface area contributed by atoms with Crippen molar-refractivity contribution >= 4 is 17.2 Å². The topological polar surface area (TPSA) is 49.3 Å². The minimum Gasteiger partial charge on any atom is -0.387 e. The molecule has 0 saturated heterocycles. The molecule has 1 aromatic carbocycles. The van der Waals surface area contributed by atoms with E-state index in [1.165, 1.54) is 16.0 Å². The number of thiophene rings is 1. The van der Waals surface area contributed by atoms with Gasteiger partial charge in [-0.25, -0.2) is 0 Å². The summed E-state index contributed by atoms with van der Waals surface area (Å²) in [6.07, 6.45) is 5.27. The molecular weight excluding hydrogens is 318 g/mol. The van der Waals surface area contributed by atoms with Gasteiger partial charge in [-0.05, 0) is 35.4 Å². The maximum atomic E-state index is 13.0. The Labute approximate surface area is 146 Å². The van der Waals surface area contributed by atoms with Gasteiger partial charge in [-0.3, -0.25) is 4.79 Å². The summed E-state index contributed by atoms with van der Waals surface area (Å²) in [4.78, 5) is 14.2. The fraction of sp³-hybridized carbons (Fsp3) is 0.450. The molecule has 0 aliphatic heterocycles. The predicted molar refractivity (Wildman–Crippen MR) is 96.3 cm³/mol. The zero-order chi connectivity index (χ0) is 16.6. The molecule has 3 nitrogen and oxygen atoms in total. The molecule has 4 rings (SSSR count). The van der Waals surface area contributed by atoms with E-state index in [4.69, 9.17) is 0 Å². The van der Waals surface area contributed by atoms with E-state index in [-0.39, 0.29) is 11.3 Å². The number of carbonyl (C=O) groups excluding carboxylic acids is 1. The first-order chi connectivity index (χ1) is 11.6. The van der Waals surface area contributed by atoms with Crippen molar-refractivity contribution in [3.8, 4) is 0 Å². The van der Waals surface area contributed by atoms with Crippen LogP contribution in [-0.4, -0.2) is 23.2 Å². The van der Waals surface area contributed by atoms with Crippen LogP contribution >= 0.6 is 11.3 Å². The van der Waals surface area contributed by atoms with Crippen LogP contribution in [0.1, 0.15) is 41.7 Å². The summed E-state index contributed by atoms with van der Waals surface area (Å²) in [5.74, 6) is 0.0897. The molecule has 0 atom stereocenters. The molecule has 0 unspecified atom stereocenters. The Hall–Kier alpha value is -1.65. The SMILES string of the molecule is O=C(NCC1(O)Cc2ccccc2C1)C1(c2cccs2)CCCC1. The Morgan fingerprint density at radius 3 is 2.33 bits per heavy atom. The summed E-state index contributed by atoms with van der Waals surface area (Å²) in [5.41, 5.74) is 1.16. The molecule has 2 N–H and O–H groups in total. The van der Waals surface area contributed by atoms with Crippen LogP contribution in [-0.2, 0) is 23.1 Å². The van der Waals surface area contributed by atoms with E-state index < -0.39 is 5.60 Å². The van der Waals surface area contributed by atoms with Crippen molar-refractivity contribution in [3.63, 3.8) is 0 Å². The highest BCUT2D eigenvalue weighted by atomic mass is 32.1. The number of hydrogen-bond donors (Lipinski definition) is 2. The van der Waals surface area contributed by atoms with Gasteiger partial charge in [-0.2, -0.15) is 0 Å². The normalized spacial score (nSPS) is 20.7. The third-order valence-corrected chi connectivity index (χ3v) is 6.69. The van der Waals surface area contributed by atoms with Crippen molar-refractivity contribution in [1.82, 2.24) is 5.32 Å². The lowest BCUT2D eigenvalue weighted by molar-refractivity contribution is -0.127. The summed E-state index contributed by atoms with van der Waals surface area (Å²) in [6, 6.07) is 12.3. The molecule has 126 valence electrons. The summed E-state index contributed by atoms with van der Waals surface area (Å²) in [6.45, 7) is 0.327. The average molecular weight is 341 g/mol. The fourth-order valence-corrected chi connectivity index (χ4v) is 5.31. The molecule has 1 fully saturated rings. The number of amides is 1. The molecule has 0 spiro atoms. The molecule has 1 amide bonds. The van der Waals surface area contributed by atoms with Crippen LogP contribution in [0.3, 0.4) is 0 Å². The van der Waals surface area contributed by atoms with Gasteiger partial charge in [0.25, 0.3) is 0 Å². The third-order valence-electron chi connectivity index (χ3n) is 5.62. The van der Waals surface area contributed by atoms with Crippen molar-refractivity contribution in [3.05, 3.63) is 57.8 Å². The van der Waals surface area contributed by atoms with Crippen LogP contribution in [0, 0.1) is 0 Å². The van der Waals surface area contributed by atoms with E-state index >= 15 is 0 Å². The standard InChI is InChI=1S/C20H23NO2S/c22-18(20(9-3-4-10-20)17-8-5-11-24-17)21-14-19(23)12-15-6-1-2-7-16(15)13-19/h1-2,5-8,11,23H,3-4,9-10,12-14H2,(H,21,22). The van der Waals surface area contributed by atoms with Gasteiger partial charge >= 0.3 is 0 Å². The average Bonchev–Trinajstić information content (AvgIpc) is 3.30. The van der Waals surface area contributed by atoms with E-state index in [0.717, 1.165) is 25.7 Å². The highest BCUT2D eigenvalue weighted by Crippen LogP contribution is 2.43. The van der Waals surface area contributed by atoms with Gasteiger partial charge in [-0.15, -0.1) is 11.3 Å². The van der Waals surface area contributed by atoms with Gasteiger partial charge < -0.3 is 10.4 Å². The summed E-state index contributed by atoms with van der Waals surface area (Å²) in [7, 11) is 0. The first kappa shape index (κ1) is 15.9. The number of rotatable bonds is 4. The maximum Gasteiger partial charge on any atom is 0.231 e. The molecule has 1 saturated carbocycles. The molecule has 0 radical (unpaired) electrons. The number of benzene rings is 1. The molecule has 1 heterocycles. The van der Waals surface area contributed by atoms with Crippen molar-refractivity contribution in [2.24, 2.45) is 0 Å². The monoisotopic (exact) mass is 341 g/mol. The molecule has 1 aromatic heterocycles. The highest BCUT2D eigenvalue weighted by molar-refractivity contribution is 7.10. The molecule has 2 aliphatic carbocycles. The maximum absolute atomic E-state index is 13.0. The quantitative estimate of drug-likeness (QED) is 0.897. The van der Waals surface area contributed by atoms with Gasteiger partial charge in [0.15, 0.2) is 0 Å². The van der Waals surface area contributed by atoms with Gasteiger partial charge in [0.1, 0.15) is 0 Å². The number of carbonyl (C=O) groups is 1. The lowest BCUT2D eigenvalue weighted by Gasteiger charge is -2.29. The smallest absolute Gasteiger partial charge is 0.231 e. The van der Waals surface area contributed by atoms with Crippen molar-refractivity contribution in [2.45, 2.75) is 49.5 Å². The lowest BCUT2D eigenvalue weighted by atomic mass is 9.83. The summed E-state index contributed by atoms with van der Waals surface area (Å²) >= 11 is 1.67. The molecule has 24 heavy (non-hydrogen) atoms. The Kier molecular flexibility index (Phi) is 3.97. The number of nitrogens with one attached hydrogen (secondary N) is 1. The second-order valence-electron chi connectivity index (χ2n) is 7.30. The van der Waals surface area contributed by atoms with Gasteiger partial charge in [0.2, 0.25) is 5.91 Å². The second-order valence-corrected chi connectivity index (χ2v) is 8.24. The van der Waals surface area contributed by atoms with E-state index in [9.17, 15) is 9.90 Å². The first-order valence-corrected chi connectivity index (χ1v) is 9.61. The van der Waals surface area contributed by atoms with E-state index in [1.807, 2.05) is 23.6 Å². The Bertz CT molecular complexity index is 707. The van der Waals surface area contributed by atoms with Gasteiger partial charge in [-0.1, -0.05) is 43.2 Å². The van der Waals surface area contributed by atoms with E-state index in [2.05, 4.69) is 23.5 Å². The van der Waals surface area contributed by atoms with Crippen LogP contribution in [0.25, 0.3) is 0 Å². The van der Waals surface area contributed by atoms with Gasteiger partial charge in [0, 0.05) is 24.3 Å². The fourth-order valence-electron chi connectivity index (χ4n) is 4.33. The third kappa shape index (κ3) is 2.68. The second kappa shape index (κ2) is 6.01. The molecule has 4 heteroatoms. The van der Waals surface area contributed by atoms with E-state index in [0.29, 0.717) is 19.4 Å². The Morgan fingerprint density at radius 2 is 1.75 bits per heavy atom. The largest absolute Gasteiger partial charge is 0.387 e. The Balaban J connectivity index is 1.47. The molecular formula is C20H23NO2S.